The van der Waals surface area contributed by atoms with Gasteiger partial charge in [-0.3, -0.25) is 4.98 Å². The monoisotopic (exact) mass is 382 g/mol. The zero-order valence-electron chi connectivity index (χ0n) is 17.0. The van der Waals surface area contributed by atoms with E-state index in [0.717, 1.165) is 29.0 Å². The van der Waals surface area contributed by atoms with Crippen LogP contribution in [0.5, 0.6) is 5.75 Å². The number of methoxy groups -OCH3 is 1. The summed E-state index contributed by atoms with van der Waals surface area (Å²) >= 11 is 0. The van der Waals surface area contributed by atoms with E-state index in [2.05, 4.69) is 19.0 Å². The number of rotatable bonds is 4. The molecule has 1 aliphatic carbocycles. The molecule has 0 amide bonds. The Bertz CT molecular complexity index is 931. The molecule has 3 rings (SSSR count). The van der Waals surface area contributed by atoms with Gasteiger partial charge in [-0.15, -0.1) is 0 Å². The minimum absolute atomic E-state index is 0.0867. The number of nitrogens with zero attached hydrogens (tertiary/aromatic N) is 2. The number of esters is 1. The molecule has 1 aliphatic rings. The Balaban J connectivity index is 2.35. The third-order valence-electron chi connectivity index (χ3n) is 5.01. The molecular formula is C22H26N2O4. The van der Waals surface area contributed by atoms with E-state index in [1.165, 1.54) is 0 Å². The zero-order valence-corrected chi connectivity index (χ0v) is 17.0. The largest absolute Gasteiger partial charge is 0.497 e. The topological polar surface area (TPSA) is 81.0 Å². The van der Waals surface area contributed by atoms with Crippen molar-refractivity contribution in [1.82, 2.24) is 4.98 Å². The highest BCUT2D eigenvalue weighted by Crippen LogP contribution is 2.41. The van der Waals surface area contributed by atoms with Gasteiger partial charge in [0.15, 0.2) is 0 Å². The van der Waals surface area contributed by atoms with Gasteiger partial charge >= 0.3 is 5.97 Å². The van der Waals surface area contributed by atoms with Crippen LogP contribution in [0.15, 0.2) is 29.4 Å². The summed E-state index contributed by atoms with van der Waals surface area (Å²) in [6.07, 6.45) is 1.32. The second kappa shape index (κ2) is 7.62. The van der Waals surface area contributed by atoms with E-state index in [9.17, 15) is 10.0 Å². The van der Waals surface area contributed by atoms with E-state index >= 15 is 0 Å². The number of benzene rings is 1. The van der Waals surface area contributed by atoms with Crippen molar-refractivity contribution >= 4 is 11.7 Å². The van der Waals surface area contributed by atoms with Crippen molar-refractivity contribution in [3.8, 4) is 16.9 Å². The quantitative estimate of drug-likeness (QED) is 0.482. The van der Waals surface area contributed by atoms with E-state index in [4.69, 9.17) is 14.5 Å². The summed E-state index contributed by atoms with van der Waals surface area (Å²) in [6.45, 7) is 8.09. The van der Waals surface area contributed by atoms with Crippen LogP contribution in [-0.2, 0) is 11.2 Å². The highest BCUT2D eigenvalue weighted by Gasteiger charge is 2.36. The van der Waals surface area contributed by atoms with Crippen LogP contribution < -0.4 is 4.74 Å². The van der Waals surface area contributed by atoms with Crippen molar-refractivity contribution in [1.29, 1.82) is 0 Å². The molecule has 0 fully saturated rings. The second-order valence-electron chi connectivity index (χ2n) is 7.78. The van der Waals surface area contributed by atoms with Crippen molar-refractivity contribution in [2.45, 2.75) is 40.5 Å². The fourth-order valence-electron chi connectivity index (χ4n) is 3.85. The molecule has 0 unspecified atom stereocenters. The predicted octanol–water partition coefficient (Wildman–Crippen LogP) is 4.39. The maximum Gasteiger partial charge on any atom is 0.340 e. The average molecular weight is 382 g/mol. The van der Waals surface area contributed by atoms with Crippen LogP contribution in [-0.4, -0.2) is 35.6 Å². The SMILES string of the molecule is CCOC(=O)c1c(C)nc2c(c1-c1ccc(OC)cc1)/C(=N/O)CC(C)(C)C2. The number of ether oxygens (including phenoxy) is 2. The fourth-order valence-corrected chi connectivity index (χ4v) is 3.85. The lowest BCUT2D eigenvalue weighted by Gasteiger charge is -2.33. The Hall–Kier alpha value is -2.89. The highest BCUT2D eigenvalue weighted by atomic mass is 16.5. The minimum Gasteiger partial charge on any atom is -0.497 e. The molecule has 1 heterocycles. The van der Waals surface area contributed by atoms with E-state index in [0.29, 0.717) is 29.0 Å². The lowest BCUT2D eigenvalue weighted by Crippen LogP contribution is -2.30. The Morgan fingerprint density at radius 3 is 2.46 bits per heavy atom. The first kappa shape index (κ1) is 19.9. The van der Waals surface area contributed by atoms with Crippen molar-refractivity contribution in [3.05, 3.63) is 46.8 Å². The average Bonchev–Trinajstić information content (AvgIpc) is 2.65. The molecule has 1 aromatic heterocycles. The van der Waals surface area contributed by atoms with Gasteiger partial charge in [0.1, 0.15) is 5.75 Å². The molecular weight excluding hydrogens is 356 g/mol. The van der Waals surface area contributed by atoms with Gasteiger partial charge in [-0.2, -0.15) is 0 Å². The van der Waals surface area contributed by atoms with Crippen LogP contribution in [0, 0.1) is 12.3 Å². The van der Waals surface area contributed by atoms with E-state index in [-0.39, 0.29) is 12.0 Å². The summed E-state index contributed by atoms with van der Waals surface area (Å²) in [6, 6.07) is 7.47. The molecule has 2 aromatic rings. The smallest absolute Gasteiger partial charge is 0.340 e. The first-order chi connectivity index (χ1) is 13.3. The lowest BCUT2D eigenvalue weighted by molar-refractivity contribution is 0.0526. The van der Waals surface area contributed by atoms with Crippen LogP contribution in [0.25, 0.3) is 11.1 Å². The number of oxime groups is 1. The van der Waals surface area contributed by atoms with Crippen LogP contribution in [0.3, 0.4) is 0 Å². The van der Waals surface area contributed by atoms with Gasteiger partial charge < -0.3 is 14.7 Å². The van der Waals surface area contributed by atoms with Gasteiger partial charge in [-0.05, 0) is 49.8 Å². The van der Waals surface area contributed by atoms with Gasteiger partial charge in [0.25, 0.3) is 0 Å². The summed E-state index contributed by atoms with van der Waals surface area (Å²) in [5.74, 6) is 0.293. The summed E-state index contributed by atoms with van der Waals surface area (Å²) in [7, 11) is 1.61. The molecule has 0 aliphatic heterocycles. The molecule has 1 aromatic carbocycles. The summed E-state index contributed by atoms with van der Waals surface area (Å²) in [5.41, 5.74) is 4.55. The molecule has 6 heteroatoms. The molecule has 6 nitrogen and oxygen atoms in total. The molecule has 28 heavy (non-hydrogen) atoms. The summed E-state index contributed by atoms with van der Waals surface area (Å²) < 4.78 is 10.6. The second-order valence-corrected chi connectivity index (χ2v) is 7.78. The van der Waals surface area contributed by atoms with Crippen LogP contribution in [0.1, 0.15) is 54.5 Å². The molecule has 0 radical (unpaired) electrons. The number of hydrogen-bond acceptors (Lipinski definition) is 6. The van der Waals surface area contributed by atoms with Gasteiger partial charge in [0.2, 0.25) is 0 Å². The molecule has 0 bridgehead atoms. The first-order valence-corrected chi connectivity index (χ1v) is 9.37. The first-order valence-electron chi connectivity index (χ1n) is 9.37. The summed E-state index contributed by atoms with van der Waals surface area (Å²) in [4.78, 5) is 17.5. The molecule has 148 valence electrons. The minimum atomic E-state index is -0.428. The molecule has 0 saturated heterocycles. The number of aryl methyl sites for hydroxylation is 1. The molecule has 0 spiro atoms. The summed E-state index contributed by atoms with van der Waals surface area (Å²) in [5, 5.41) is 13.3. The predicted molar refractivity (Wildman–Crippen MR) is 107 cm³/mol. The maximum atomic E-state index is 12.8. The van der Waals surface area contributed by atoms with Crippen LogP contribution in [0.2, 0.25) is 0 Å². The van der Waals surface area contributed by atoms with Crippen molar-refractivity contribution in [2.24, 2.45) is 10.6 Å². The number of fused-ring (bicyclic) bond motifs is 1. The van der Waals surface area contributed by atoms with E-state index in [1.807, 2.05) is 31.2 Å². The van der Waals surface area contributed by atoms with Gasteiger partial charge in [0.05, 0.1) is 36.4 Å². The lowest BCUT2D eigenvalue weighted by atomic mass is 9.73. The van der Waals surface area contributed by atoms with Gasteiger partial charge in [0, 0.05) is 11.1 Å². The molecule has 1 N–H and O–H groups in total. The number of carbonyl (C=O) groups is 1. The van der Waals surface area contributed by atoms with Gasteiger partial charge in [-0.1, -0.05) is 31.1 Å². The fraction of sp³-hybridized carbons (Fsp3) is 0.409. The number of hydrogen-bond donors (Lipinski definition) is 1. The highest BCUT2D eigenvalue weighted by molar-refractivity contribution is 6.12. The number of pyridine rings is 1. The Morgan fingerprint density at radius 2 is 1.89 bits per heavy atom. The standard InChI is InChI=1S/C22H26N2O4/c1-6-28-21(25)18-13(2)23-16-11-22(3,4)12-17(24-26)20(16)19(18)14-7-9-15(27-5)10-8-14/h7-10,26H,6,11-12H2,1-5H3/b24-17+. The maximum absolute atomic E-state index is 12.8. The normalized spacial score (nSPS) is 16.5. The van der Waals surface area contributed by atoms with Crippen molar-refractivity contribution < 1.29 is 19.5 Å². The van der Waals surface area contributed by atoms with Crippen molar-refractivity contribution in [2.75, 3.05) is 13.7 Å². The number of aromatic nitrogens is 1. The van der Waals surface area contributed by atoms with E-state index < -0.39 is 5.97 Å². The zero-order chi connectivity index (χ0) is 20.5. The third-order valence-corrected chi connectivity index (χ3v) is 5.01. The Labute approximate surface area is 165 Å². The molecule has 0 atom stereocenters. The van der Waals surface area contributed by atoms with Crippen LogP contribution >= 0.6 is 0 Å². The third kappa shape index (κ3) is 3.59. The van der Waals surface area contributed by atoms with E-state index in [1.54, 1.807) is 14.0 Å². The van der Waals surface area contributed by atoms with Gasteiger partial charge in [-0.25, -0.2) is 4.79 Å². The van der Waals surface area contributed by atoms with Crippen molar-refractivity contribution in [3.63, 3.8) is 0 Å². The van der Waals surface area contributed by atoms with Crippen LogP contribution in [0.4, 0.5) is 0 Å². The molecule has 0 saturated carbocycles. The number of carbonyl (C=O) groups excluding carboxylic acids is 1. The Morgan fingerprint density at radius 1 is 1.21 bits per heavy atom. The Kier molecular flexibility index (Phi) is 5.40.